The van der Waals surface area contributed by atoms with E-state index in [9.17, 15) is 4.79 Å². The fourth-order valence-electron chi connectivity index (χ4n) is 2.93. The van der Waals surface area contributed by atoms with E-state index in [4.69, 9.17) is 0 Å². The number of rotatable bonds is 2. The summed E-state index contributed by atoms with van der Waals surface area (Å²) in [5, 5.41) is 2.05. The average molecular weight is 293 g/mol. The summed E-state index contributed by atoms with van der Waals surface area (Å²) >= 11 is 1.69. The van der Waals surface area contributed by atoms with Crippen molar-refractivity contribution in [2.45, 2.75) is 26.2 Å². The zero-order valence-electron chi connectivity index (χ0n) is 12.3. The molecule has 110 valence electrons. The van der Waals surface area contributed by atoms with Gasteiger partial charge in [-0.15, -0.1) is 11.3 Å². The Morgan fingerprint density at radius 3 is 2.85 bits per heavy atom. The molecule has 1 fully saturated rings. The number of carbonyl (C=O) groups is 1. The van der Waals surface area contributed by atoms with Gasteiger partial charge in [0.2, 0.25) is 0 Å². The zero-order chi connectivity index (χ0) is 14.1. The summed E-state index contributed by atoms with van der Waals surface area (Å²) in [7, 11) is 2.12. The highest BCUT2D eigenvalue weighted by molar-refractivity contribution is 7.14. The van der Waals surface area contributed by atoms with Crippen molar-refractivity contribution in [2.24, 2.45) is 5.92 Å². The average Bonchev–Trinajstić information content (AvgIpc) is 2.84. The number of hydrazine groups is 1. The minimum Gasteiger partial charge on any atom is -0.304 e. The van der Waals surface area contributed by atoms with Crippen molar-refractivity contribution in [3.8, 4) is 0 Å². The van der Waals surface area contributed by atoms with Crippen LogP contribution in [0.1, 0.15) is 33.5 Å². The smallest absolute Gasteiger partial charge is 0.275 e. The Morgan fingerprint density at radius 1 is 1.35 bits per heavy atom. The Kier molecular flexibility index (Phi) is 4.10. The molecule has 0 unspecified atom stereocenters. The summed E-state index contributed by atoms with van der Waals surface area (Å²) in [4.78, 5) is 16.9. The molecule has 3 rings (SSSR count). The van der Waals surface area contributed by atoms with Crippen LogP contribution in [0.4, 0.5) is 0 Å². The minimum atomic E-state index is 0.0709. The Hall–Kier alpha value is -0.910. The summed E-state index contributed by atoms with van der Waals surface area (Å²) < 4.78 is 0. The molecule has 2 aliphatic rings. The third-order valence-corrected chi connectivity index (χ3v) is 5.55. The van der Waals surface area contributed by atoms with E-state index in [-0.39, 0.29) is 5.91 Å². The molecule has 1 saturated heterocycles. The lowest BCUT2D eigenvalue weighted by atomic mass is 9.90. The van der Waals surface area contributed by atoms with Crippen LogP contribution in [0.15, 0.2) is 6.07 Å². The second-order valence-electron chi connectivity index (χ2n) is 6.14. The topological polar surface area (TPSA) is 35.6 Å². The Balaban J connectivity index is 1.63. The molecule has 1 amide bonds. The first kappa shape index (κ1) is 14.0. The van der Waals surface area contributed by atoms with Crippen molar-refractivity contribution in [1.82, 2.24) is 15.3 Å². The molecule has 0 bridgehead atoms. The van der Waals surface area contributed by atoms with Gasteiger partial charge in [0, 0.05) is 31.1 Å². The van der Waals surface area contributed by atoms with E-state index in [0.717, 1.165) is 49.8 Å². The number of aryl methyl sites for hydroxylation is 1. The summed E-state index contributed by atoms with van der Waals surface area (Å²) in [5.74, 6) is 0.826. The quantitative estimate of drug-likeness (QED) is 0.902. The number of nitrogens with one attached hydrogen (secondary N) is 1. The molecule has 1 N–H and O–H groups in total. The summed E-state index contributed by atoms with van der Waals surface area (Å²) in [6.07, 6.45) is 3.53. The first-order chi connectivity index (χ1) is 9.61. The van der Waals surface area contributed by atoms with Crippen LogP contribution in [0.3, 0.4) is 0 Å². The van der Waals surface area contributed by atoms with E-state index in [1.54, 1.807) is 11.3 Å². The van der Waals surface area contributed by atoms with Crippen LogP contribution in [-0.2, 0) is 12.8 Å². The summed E-state index contributed by atoms with van der Waals surface area (Å²) in [6.45, 7) is 6.14. The molecule has 4 nitrogen and oxygen atoms in total. The number of amides is 1. The predicted molar refractivity (Wildman–Crippen MR) is 82.0 cm³/mol. The molecule has 1 aliphatic heterocycles. The van der Waals surface area contributed by atoms with Crippen LogP contribution >= 0.6 is 11.3 Å². The minimum absolute atomic E-state index is 0.0709. The van der Waals surface area contributed by atoms with Gasteiger partial charge in [0.1, 0.15) is 0 Å². The van der Waals surface area contributed by atoms with Gasteiger partial charge in [-0.3, -0.25) is 10.2 Å². The lowest BCUT2D eigenvalue weighted by molar-refractivity contribution is 0.0666. The molecule has 0 spiro atoms. The summed E-state index contributed by atoms with van der Waals surface area (Å²) in [5.41, 5.74) is 4.45. The van der Waals surface area contributed by atoms with Gasteiger partial charge < -0.3 is 4.90 Å². The molecule has 0 saturated carbocycles. The van der Waals surface area contributed by atoms with Crippen molar-refractivity contribution >= 4 is 17.2 Å². The van der Waals surface area contributed by atoms with Crippen LogP contribution < -0.4 is 5.43 Å². The summed E-state index contributed by atoms with van der Waals surface area (Å²) in [6, 6.07) is 2.11. The maximum atomic E-state index is 12.3. The number of likely N-dealkylation sites (N-methyl/N-ethyl adjacent to an activating group) is 1. The van der Waals surface area contributed by atoms with E-state index in [1.165, 1.54) is 16.9 Å². The van der Waals surface area contributed by atoms with Gasteiger partial charge in [0.15, 0.2) is 0 Å². The molecule has 20 heavy (non-hydrogen) atoms. The Bertz CT molecular complexity index is 491. The standard InChI is InChI=1S/C15H23N3OS/c1-11-3-4-13-12(9-11)10-14(20-13)15(19)16-18-7-5-17(2)6-8-18/h10-11H,3-9H2,1-2H3,(H,16,19)/t11-/m0/s1. The highest BCUT2D eigenvalue weighted by Gasteiger charge is 2.22. The van der Waals surface area contributed by atoms with Gasteiger partial charge in [-0.2, -0.15) is 0 Å². The number of thiophene rings is 1. The molecule has 1 aromatic heterocycles. The third-order valence-electron chi connectivity index (χ3n) is 4.32. The van der Waals surface area contributed by atoms with Gasteiger partial charge in [-0.05, 0) is 43.9 Å². The second-order valence-corrected chi connectivity index (χ2v) is 7.28. The van der Waals surface area contributed by atoms with Gasteiger partial charge in [0.05, 0.1) is 4.88 Å². The lowest BCUT2D eigenvalue weighted by Gasteiger charge is -2.32. The van der Waals surface area contributed by atoms with Gasteiger partial charge >= 0.3 is 0 Å². The number of piperazine rings is 1. The van der Waals surface area contributed by atoms with Crippen molar-refractivity contribution in [1.29, 1.82) is 0 Å². The van der Waals surface area contributed by atoms with Crippen molar-refractivity contribution in [3.63, 3.8) is 0 Å². The number of fused-ring (bicyclic) bond motifs is 1. The van der Waals surface area contributed by atoms with Gasteiger partial charge in [-0.25, -0.2) is 5.01 Å². The normalized spacial score (nSPS) is 24.4. The first-order valence-electron chi connectivity index (χ1n) is 7.48. The molecule has 1 atom stereocenters. The number of carbonyl (C=O) groups excluding carboxylic acids is 1. The first-order valence-corrected chi connectivity index (χ1v) is 8.29. The van der Waals surface area contributed by atoms with Crippen molar-refractivity contribution in [2.75, 3.05) is 33.2 Å². The highest BCUT2D eigenvalue weighted by Crippen LogP contribution is 2.32. The van der Waals surface area contributed by atoms with Crippen LogP contribution in [-0.4, -0.2) is 49.0 Å². The predicted octanol–water partition coefficient (Wildman–Crippen LogP) is 1.77. The molecule has 1 aromatic rings. The number of hydrogen-bond donors (Lipinski definition) is 1. The van der Waals surface area contributed by atoms with E-state index < -0.39 is 0 Å². The van der Waals surface area contributed by atoms with E-state index >= 15 is 0 Å². The number of nitrogens with zero attached hydrogens (tertiary/aromatic N) is 2. The van der Waals surface area contributed by atoms with E-state index in [0.29, 0.717) is 0 Å². The van der Waals surface area contributed by atoms with Crippen LogP contribution in [0.25, 0.3) is 0 Å². The maximum absolute atomic E-state index is 12.3. The Morgan fingerprint density at radius 2 is 2.10 bits per heavy atom. The fourth-order valence-corrected chi connectivity index (χ4v) is 4.03. The van der Waals surface area contributed by atoms with Gasteiger partial charge in [0.25, 0.3) is 5.91 Å². The van der Waals surface area contributed by atoms with Crippen LogP contribution in [0.5, 0.6) is 0 Å². The largest absolute Gasteiger partial charge is 0.304 e. The molecular weight excluding hydrogens is 270 g/mol. The molecule has 5 heteroatoms. The van der Waals surface area contributed by atoms with Crippen LogP contribution in [0, 0.1) is 5.92 Å². The monoisotopic (exact) mass is 293 g/mol. The van der Waals surface area contributed by atoms with E-state index in [2.05, 4.69) is 30.4 Å². The molecule has 1 aliphatic carbocycles. The SMILES string of the molecule is C[C@H]1CCc2sc(C(=O)NN3CCN(C)CC3)cc2C1. The fraction of sp³-hybridized carbons (Fsp3) is 0.667. The molecule has 0 aromatic carbocycles. The van der Waals surface area contributed by atoms with Gasteiger partial charge in [-0.1, -0.05) is 6.92 Å². The lowest BCUT2D eigenvalue weighted by Crippen LogP contribution is -2.52. The molecule has 0 radical (unpaired) electrons. The molecule has 2 heterocycles. The zero-order valence-corrected chi connectivity index (χ0v) is 13.1. The maximum Gasteiger partial charge on any atom is 0.275 e. The van der Waals surface area contributed by atoms with Crippen molar-refractivity contribution in [3.05, 3.63) is 21.4 Å². The molecular formula is C15H23N3OS. The second kappa shape index (κ2) is 5.84. The van der Waals surface area contributed by atoms with Crippen LogP contribution in [0.2, 0.25) is 0 Å². The Labute approximate surface area is 124 Å². The van der Waals surface area contributed by atoms with Crippen molar-refractivity contribution < 1.29 is 4.79 Å². The highest BCUT2D eigenvalue weighted by atomic mass is 32.1. The number of hydrogen-bond acceptors (Lipinski definition) is 4. The third kappa shape index (κ3) is 3.05. The van der Waals surface area contributed by atoms with E-state index in [1.807, 2.05) is 5.01 Å².